The Bertz CT molecular complexity index is 1100. The van der Waals surface area contributed by atoms with Crippen LogP contribution in [0, 0.1) is 11.6 Å². The molecule has 0 aliphatic heterocycles. The summed E-state index contributed by atoms with van der Waals surface area (Å²) in [7, 11) is 0. The van der Waals surface area contributed by atoms with Crippen LogP contribution in [0.15, 0.2) is 65.6 Å². The first-order valence-corrected chi connectivity index (χ1v) is 8.14. The molecule has 2 aromatic carbocycles. The van der Waals surface area contributed by atoms with Crippen molar-refractivity contribution in [2.45, 2.75) is 6.61 Å². The molecule has 0 unspecified atom stereocenters. The van der Waals surface area contributed by atoms with E-state index in [-0.39, 0.29) is 35.7 Å². The third kappa shape index (κ3) is 3.63. The molecule has 2 heterocycles. The van der Waals surface area contributed by atoms with Crippen molar-refractivity contribution in [1.29, 1.82) is 0 Å². The standard InChI is InChI=1S/C19H12F2N4O3/c20-13-3-1-12(2-4-13)18-23-17(28-24-18)10-27-19(26)16-9-22-11-25(16)15-7-5-14(21)6-8-15/h1-9,11H,10H2. The number of rotatable bonds is 5. The summed E-state index contributed by atoms with van der Waals surface area (Å²) < 4.78 is 37.8. The van der Waals surface area contributed by atoms with Crippen LogP contribution in [-0.2, 0) is 11.3 Å². The van der Waals surface area contributed by atoms with E-state index < -0.39 is 5.97 Å². The number of hydrogen-bond acceptors (Lipinski definition) is 6. The molecule has 0 fully saturated rings. The van der Waals surface area contributed by atoms with Gasteiger partial charge in [-0.1, -0.05) is 5.16 Å². The van der Waals surface area contributed by atoms with Gasteiger partial charge in [-0.05, 0) is 48.5 Å². The van der Waals surface area contributed by atoms with Crippen molar-refractivity contribution in [2.24, 2.45) is 0 Å². The predicted molar refractivity (Wildman–Crippen MR) is 92.3 cm³/mol. The lowest BCUT2D eigenvalue weighted by Gasteiger charge is -2.07. The van der Waals surface area contributed by atoms with E-state index in [0.29, 0.717) is 11.3 Å². The first-order valence-electron chi connectivity index (χ1n) is 8.14. The molecular weight excluding hydrogens is 370 g/mol. The van der Waals surface area contributed by atoms with Gasteiger partial charge in [0, 0.05) is 11.3 Å². The third-order valence-corrected chi connectivity index (χ3v) is 3.85. The summed E-state index contributed by atoms with van der Waals surface area (Å²) in [5.41, 5.74) is 1.28. The van der Waals surface area contributed by atoms with E-state index >= 15 is 0 Å². The van der Waals surface area contributed by atoms with Crippen LogP contribution in [0.4, 0.5) is 8.78 Å². The quantitative estimate of drug-likeness (QED) is 0.491. The lowest BCUT2D eigenvalue weighted by molar-refractivity contribution is 0.0420. The largest absolute Gasteiger partial charge is 0.451 e. The molecule has 4 rings (SSSR count). The molecule has 7 nitrogen and oxygen atoms in total. The van der Waals surface area contributed by atoms with Gasteiger partial charge in [-0.25, -0.2) is 18.6 Å². The van der Waals surface area contributed by atoms with E-state index in [0.717, 1.165) is 0 Å². The van der Waals surface area contributed by atoms with Crippen molar-refractivity contribution in [1.82, 2.24) is 19.7 Å². The highest BCUT2D eigenvalue weighted by atomic mass is 19.1. The van der Waals surface area contributed by atoms with Gasteiger partial charge in [0.1, 0.15) is 11.6 Å². The molecular formula is C19H12F2N4O3. The number of hydrogen-bond donors (Lipinski definition) is 0. The molecule has 0 aliphatic carbocycles. The minimum absolute atomic E-state index is 0.0838. The van der Waals surface area contributed by atoms with Crippen molar-refractivity contribution in [2.75, 3.05) is 0 Å². The number of benzene rings is 2. The highest BCUT2D eigenvalue weighted by Crippen LogP contribution is 2.17. The van der Waals surface area contributed by atoms with Crippen molar-refractivity contribution >= 4 is 5.97 Å². The topological polar surface area (TPSA) is 83.0 Å². The number of carbonyl (C=O) groups is 1. The number of halogens is 2. The van der Waals surface area contributed by atoms with Crippen molar-refractivity contribution < 1.29 is 22.8 Å². The number of imidazole rings is 1. The predicted octanol–water partition coefficient (Wildman–Crippen LogP) is 3.56. The van der Waals surface area contributed by atoms with Crippen LogP contribution in [0.1, 0.15) is 16.4 Å². The van der Waals surface area contributed by atoms with Gasteiger partial charge in [-0.15, -0.1) is 0 Å². The molecule has 0 aliphatic rings. The average Bonchev–Trinajstić information content (AvgIpc) is 3.37. The number of aromatic nitrogens is 4. The molecule has 0 atom stereocenters. The van der Waals surface area contributed by atoms with E-state index in [1.54, 1.807) is 0 Å². The Morgan fingerprint density at radius 3 is 2.43 bits per heavy atom. The molecule has 0 saturated carbocycles. The van der Waals surface area contributed by atoms with E-state index in [4.69, 9.17) is 9.26 Å². The number of esters is 1. The monoisotopic (exact) mass is 382 g/mol. The van der Waals surface area contributed by atoms with Gasteiger partial charge in [0.15, 0.2) is 12.3 Å². The summed E-state index contributed by atoms with van der Waals surface area (Å²) >= 11 is 0. The molecule has 0 N–H and O–H groups in total. The second kappa shape index (κ2) is 7.39. The Kier molecular flexibility index (Phi) is 4.63. The lowest BCUT2D eigenvalue weighted by Crippen LogP contribution is -2.11. The zero-order chi connectivity index (χ0) is 19.5. The van der Waals surface area contributed by atoms with Gasteiger partial charge in [0.05, 0.1) is 12.5 Å². The van der Waals surface area contributed by atoms with Crippen LogP contribution in [0.2, 0.25) is 0 Å². The van der Waals surface area contributed by atoms with Crippen LogP contribution in [0.5, 0.6) is 0 Å². The summed E-state index contributed by atoms with van der Waals surface area (Å²) in [4.78, 5) is 20.4. The summed E-state index contributed by atoms with van der Waals surface area (Å²) in [6.07, 6.45) is 2.76. The summed E-state index contributed by atoms with van der Waals surface area (Å²) in [5.74, 6) is -1.09. The number of ether oxygens (including phenoxy) is 1. The number of nitrogens with zero attached hydrogens (tertiary/aromatic N) is 4. The van der Waals surface area contributed by atoms with Gasteiger partial charge >= 0.3 is 5.97 Å². The Morgan fingerprint density at radius 2 is 1.71 bits per heavy atom. The molecule has 0 spiro atoms. The van der Waals surface area contributed by atoms with Gasteiger partial charge < -0.3 is 9.26 Å². The second-order valence-corrected chi connectivity index (χ2v) is 5.72. The fourth-order valence-electron chi connectivity index (χ4n) is 2.48. The van der Waals surface area contributed by atoms with E-state index in [1.807, 2.05) is 0 Å². The second-order valence-electron chi connectivity index (χ2n) is 5.72. The van der Waals surface area contributed by atoms with Gasteiger partial charge in [-0.3, -0.25) is 4.57 Å². The Labute approximate surface area is 157 Å². The molecule has 4 aromatic rings. The maximum atomic E-state index is 13.1. The minimum atomic E-state index is -0.664. The van der Waals surface area contributed by atoms with Gasteiger partial charge in [0.25, 0.3) is 5.89 Å². The Balaban J connectivity index is 1.45. The van der Waals surface area contributed by atoms with Crippen LogP contribution < -0.4 is 0 Å². The number of carbonyl (C=O) groups excluding carboxylic acids is 1. The van der Waals surface area contributed by atoms with E-state index in [1.165, 1.54) is 65.6 Å². The molecule has 0 bridgehead atoms. The van der Waals surface area contributed by atoms with Crippen LogP contribution in [0.25, 0.3) is 17.1 Å². The molecule has 9 heteroatoms. The molecule has 28 heavy (non-hydrogen) atoms. The highest BCUT2D eigenvalue weighted by molar-refractivity contribution is 5.88. The maximum Gasteiger partial charge on any atom is 0.357 e. The Hall–Kier alpha value is -3.88. The summed E-state index contributed by atoms with van der Waals surface area (Å²) in [6.45, 7) is -0.248. The summed E-state index contributed by atoms with van der Waals surface area (Å²) in [6, 6.07) is 11.2. The zero-order valence-electron chi connectivity index (χ0n) is 14.3. The van der Waals surface area contributed by atoms with E-state index in [2.05, 4.69) is 15.1 Å². The molecule has 2 aromatic heterocycles. The lowest BCUT2D eigenvalue weighted by atomic mass is 10.2. The molecule has 0 amide bonds. The van der Waals surface area contributed by atoms with Crippen molar-refractivity contribution in [3.8, 4) is 17.1 Å². The van der Waals surface area contributed by atoms with E-state index in [9.17, 15) is 13.6 Å². The van der Waals surface area contributed by atoms with Gasteiger partial charge in [-0.2, -0.15) is 4.98 Å². The fourth-order valence-corrected chi connectivity index (χ4v) is 2.48. The van der Waals surface area contributed by atoms with Gasteiger partial charge in [0.2, 0.25) is 5.82 Å². The smallest absolute Gasteiger partial charge is 0.357 e. The molecule has 0 saturated heterocycles. The first-order chi connectivity index (χ1) is 13.6. The highest BCUT2D eigenvalue weighted by Gasteiger charge is 2.17. The normalized spacial score (nSPS) is 10.8. The minimum Gasteiger partial charge on any atom is -0.451 e. The maximum absolute atomic E-state index is 13.1. The summed E-state index contributed by atoms with van der Waals surface area (Å²) in [5, 5.41) is 3.78. The molecule has 140 valence electrons. The fraction of sp³-hybridized carbons (Fsp3) is 0.0526. The van der Waals surface area contributed by atoms with Crippen LogP contribution >= 0.6 is 0 Å². The first kappa shape index (κ1) is 17.5. The van der Waals surface area contributed by atoms with Crippen LogP contribution in [-0.4, -0.2) is 25.7 Å². The SMILES string of the molecule is O=C(OCc1nc(-c2ccc(F)cc2)no1)c1cncn1-c1ccc(F)cc1. The van der Waals surface area contributed by atoms with Crippen molar-refractivity contribution in [3.05, 3.63) is 84.3 Å². The third-order valence-electron chi connectivity index (χ3n) is 3.85. The van der Waals surface area contributed by atoms with Crippen LogP contribution in [0.3, 0.4) is 0 Å². The zero-order valence-corrected chi connectivity index (χ0v) is 14.3. The van der Waals surface area contributed by atoms with Crippen molar-refractivity contribution in [3.63, 3.8) is 0 Å². The average molecular weight is 382 g/mol. The Morgan fingerprint density at radius 1 is 1.04 bits per heavy atom. The molecule has 0 radical (unpaired) electrons.